The molecule has 15 heavy (non-hydrogen) atoms. The van der Waals surface area contributed by atoms with Crippen LogP contribution in [0.3, 0.4) is 0 Å². The number of pyridine rings is 1. The fourth-order valence-corrected chi connectivity index (χ4v) is 1.10. The minimum atomic E-state index is 0.0581. The summed E-state index contributed by atoms with van der Waals surface area (Å²) in [5, 5.41) is 21.2. The molecule has 0 atom stereocenters. The van der Waals surface area contributed by atoms with Gasteiger partial charge in [0.05, 0.1) is 0 Å². The minimum Gasteiger partial charge on any atom is -0.243 e. The molecular formula is C9H4N6. The zero-order chi connectivity index (χ0) is 10.7. The molecular weight excluding hydrogens is 192 g/mol. The number of aromatic nitrogens is 4. The standard InChI is InChI=1S/C9H4N6/c10-4-7-8(2-1-3-12-7)15-6-13-9(5-11)14-15/h1-3,6H. The molecule has 0 saturated heterocycles. The molecule has 0 saturated carbocycles. The fourth-order valence-electron chi connectivity index (χ4n) is 1.10. The number of nitriles is 2. The van der Waals surface area contributed by atoms with Crippen molar-refractivity contribution < 1.29 is 0 Å². The van der Waals surface area contributed by atoms with Crippen LogP contribution < -0.4 is 0 Å². The largest absolute Gasteiger partial charge is 0.252 e. The predicted molar refractivity (Wildman–Crippen MR) is 48.6 cm³/mol. The molecule has 6 heteroatoms. The third-order valence-electron chi connectivity index (χ3n) is 1.73. The highest BCUT2D eigenvalue weighted by atomic mass is 15.3. The van der Waals surface area contributed by atoms with Crippen LogP contribution in [0.15, 0.2) is 24.7 Å². The van der Waals surface area contributed by atoms with Crippen molar-refractivity contribution in [2.24, 2.45) is 0 Å². The van der Waals surface area contributed by atoms with Crippen molar-refractivity contribution in [2.45, 2.75) is 0 Å². The van der Waals surface area contributed by atoms with E-state index >= 15 is 0 Å². The third kappa shape index (κ3) is 1.52. The van der Waals surface area contributed by atoms with Crippen LogP contribution >= 0.6 is 0 Å². The maximum absolute atomic E-state index is 8.80. The van der Waals surface area contributed by atoms with Crippen LogP contribution in [0.4, 0.5) is 0 Å². The summed E-state index contributed by atoms with van der Waals surface area (Å²) in [5.74, 6) is 0.0581. The predicted octanol–water partition coefficient (Wildman–Crippen LogP) is 0.406. The van der Waals surface area contributed by atoms with Crippen LogP contribution in [0.25, 0.3) is 5.69 Å². The summed E-state index contributed by atoms with van der Waals surface area (Å²) in [7, 11) is 0. The van der Waals surface area contributed by atoms with E-state index in [1.54, 1.807) is 12.1 Å². The van der Waals surface area contributed by atoms with E-state index in [1.165, 1.54) is 17.2 Å². The SMILES string of the molecule is N#Cc1ncn(-c2cccnc2C#N)n1. The normalized spacial score (nSPS) is 9.20. The molecule has 2 aromatic heterocycles. The lowest BCUT2D eigenvalue weighted by Gasteiger charge is -1.99. The van der Waals surface area contributed by atoms with E-state index in [9.17, 15) is 0 Å². The highest BCUT2D eigenvalue weighted by Gasteiger charge is 2.06. The molecule has 70 valence electrons. The molecule has 0 aliphatic heterocycles. The maximum atomic E-state index is 8.80. The summed E-state index contributed by atoms with van der Waals surface area (Å²) in [6.45, 7) is 0. The Balaban J connectivity index is 2.55. The topological polar surface area (TPSA) is 91.2 Å². The summed E-state index contributed by atoms with van der Waals surface area (Å²) in [4.78, 5) is 7.62. The monoisotopic (exact) mass is 196 g/mol. The van der Waals surface area contributed by atoms with Gasteiger partial charge in [-0.2, -0.15) is 10.5 Å². The smallest absolute Gasteiger partial charge is 0.243 e. The Hall–Kier alpha value is -2.73. The second-order valence-electron chi connectivity index (χ2n) is 2.61. The molecule has 0 aliphatic carbocycles. The van der Waals surface area contributed by atoms with Crippen LogP contribution in [0.1, 0.15) is 11.5 Å². The molecule has 0 fully saturated rings. The number of hydrogen-bond acceptors (Lipinski definition) is 5. The van der Waals surface area contributed by atoms with Gasteiger partial charge in [0.25, 0.3) is 5.82 Å². The molecule has 2 aromatic rings. The molecule has 0 amide bonds. The number of rotatable bonds is 1. The average Bonchev–Trinajstić information content (AvgIpc) is 2.77. The Bertz CT molecular complexity index is 571. The van der Waals surface area contributed by atoms with Crippen molar-refractivity contribution in [1.29, 1.82) is 10.5 Å². The van der Waals surface area contributed by atoms with Crippen molar-refractivity contribution in [1.82, 2.24) is 19.7 Å². The van der Waals surface area contributed by atoms with Crippen LogP contribution in [-0.2, 0) is 0 Å². The van der Waals surface area contributed by atoms with Gasteiger partial charge in [-0.05, 0) is 12.1 Å². The lowest BCUT2D eigenvalue weighted by molar-refractivity contribution is 0.862. The van der Waals surface area contributed by atoms with Crippen molar-refractivity contribution in [2.75, 3.05) is 0 Å². The zero-order valence-corrected chi connectivity index (χ0v) is 7.49. The van der Waals surface area contributed by atoms with E-state index < -0.39 is 0 Å². The molecule has 0 unspecified atom stereocenters. The van der Waals surface area contributed by atoms with E-state index in [0.29, 0.717) is 5.69 Å². The van der Waals surface area contributed by atoms with Crippen molar-refractivity contribution in [3.8, 4) is 17.8 Å². The van der Waals surface area contributed by atoms with Gasteiger partial charge in [0.1, 0.15) is 24.2 Å². The molecule has 0 N–H and O–H groups in total. The van der Waals surface area contributed by atoms with E-state index in [2.05, 4.69) is 15.1 Å². The van der Waals surface area contributed by atoms with Crippen LogP contribution in [-0.4, -0.2) is 19.7 Å². The Morgan fingerprint density at radius 1 is 1.20 bits per heavy atom. The van der Waals surface area contributed by atoms with Crippen LogP contribution in [0, 0.1) is 22.7 Å². The molecule has 0 bridgehead atoms. The molecule has 0 aromatic carbocycles. The van der Waals surface area contributed by atoms with Gasteiger partial charge in [0.2, 0.25) is 0 Å². The summed E-state index contributed by atoms with van der Waals surface area (Å²) in [6, 6.07) is 7.11. The van der Waals surface area contributed by atoms with Crippen molar-refractivity contribution in [3.63, 3.8) is 0 Å². The zero-order valence-electron chi connectivity index (χ0n) is 7.49. The van der Waals surface area contributed by atoms with Gasteiger partial charge in [-0.3, -0.25) is 0 Å². The maximum Gasteiger partial charge on any atom is 0.252 e. The average molecular weight is 196 g/mol. The molecule has 2 heterocycles. The summed E-state index contributed by atoms with van der Waals surface area (Å²) in [6.07, 6.45) is 2.89. The quantitative estimate of drug-likeness (QED) is 0.658. The van der Waals surface area contributed by atoms with Gasteiger partial charge in [-0.15, -0.1) is 5.10 Å². The molecule has 0 spiro atoms. The van der Waals surface area contributed by atoms with Gasteiger partial charge < -0.3 is 0 Å². The van der Waals surface area contributed by atoms with Gasteiger partial charge in [0, 0.05) is 6.20 Å². The molecule has 0 aliphatic rings. The first-order valence-corrected chi connectivity index (χ1v) is 4.02. The van der Waals surface area contributed by atoms with E-state index in [-0.39, 0.29) is 11.5 Å². The van der Waals surface area contributed by atoms with Gasteiger partial charge in [0.15, 0.2) is 5.69 Å². The van der Waals surface area contributed by atoms with Crippen LogP contribution in [0.5, 0.6) is 0 Å². The molecule has 2 rings (SSSR count). The van der Waals surface area contributed by atoms with Crippen molar-refractivity contribution >= 4 is 0 Å². The van der Waals surface area contributed by atoms with Gasteiger partial charge in [-0.1, -0.05) is 0 Å². The first-order chi connectivity index (χ1) is 7.35. The Morgan fingerprint density at radius 3 is 2.73 bits per heavy atom. The van der Waals surface area contributed by atoms with Gasteiger partial charge >= 0.3 is 0 Å². The highest BCUT2D eigenvalue weighted by molar-refractivity contribution is 5.42. The van der Waals surface area contributed by atoms with E-state index in [0.717, 1.165) is 0 Å². The molecule has 6 nitrogen and oxygen atoms in total. The van der Waals surface area contributed by atoms with Crippen molar-refractivity contribution in [3.05, 3.63) is 36.2 Å². The first-order valence-electron chi connectivity index (χ1n) is 4.02. The summed E-state index contributed by atoms with van der Waals surface area (Å²) < 4.78 is 1.35. The fraction of sp³-hybridized carbons (Fsp3) is 0. The summed E-state index contributed by atoms with van der Waals surface area (Å²) >= 11 is 0. The highest BCUT2D eigenvalue weighted by Crippen LogP contribution is 2.08. The third-order valence-corrected chi connectivity index (χ3v) is 1.73. The Labute approximate surface area is 85.1 Å². The minimum absolute atomic E-state index is 0.0581. The van der Waals surface area contributed by atoms with Crippen LogP contribution in [0.2, 0.25) is 0 Å². The second kappa shape index (κ2) is 3.56. The lowest BCUT2D eigenvalue weighted by atomic mass is 10.3. The Morgan fingerprint density at radius 2 is 2.07 bits per heavy atom. The lowest BCUT2D eigenvalue weighted by Crippen LogP contribution is -1.99. The summed E-state index contributed by atoms with van der Waals surface area (Å²) in [5.41, 5.74) is 0.751. The molecule has 0 radical (unpaired) electrons. The number of hydrogen-bond donors (Lipinski definition) is 0. The second-order valence-corrected chi connectivity index (χ2v) is 2.61. The first kappa shape index (κ1) is 8.85. The van der Waals surface area contributed by atoms with E-state index in [4.69, 9.17) is 10.5 Å². The van der Waals surface area contributed by atoms with E-state index in [1.807, 2.05) is 12.1 Å². The van der Waals surface area contributed by atoms with Gasteiger partial charge in [-0.25, -0.2) is 14.6 Å². The number of nitrogens with zero attached hydrogens (tertiary/aromatic N) is 6. The Kier molecular flexibility index (Phi) is 2.10.